The van der Waals surface area contributed by atoms with Gasteiger partial charge in [-0.1, -0.05) is 0 Å². The molecule has 0 bridgehead atoms. The SMILES string of the molecule is CCOc1ccc(-c2ncsc2C)cc1OCC. The second kappa shape index (κ2) is 5.87. The normalized spacial score (nSPS) is 10.4. The van der Waals surface area contributed by atoms with Crippen LogP contribution in [0, 0.1) is 6.92 Å². The highest BCUT2D eigenvalue weighted by atomic mass is 32.1. The number of hydrogen-bond acceptors (Lipinski definition) is 4. The first-order valence-corrected chi connectivity index (χ1v) is 6.94. The molecular weight excluding hydrogens is 246 g/mol. The maximum atomic E-state index is 5.62. The van der Waals surface area contributed by atoms with Gasteiger partial charge in [-0.3, -0.25) is 0 Å². The predicted molar refractivity (Wildman–Crippen MR) is 74.6 cm³/mol. The highest BCUT2D eigenvalue weighted by Crippen LogP contribution is 2.34. The number of hydrogen-bond donors (Lipinski definition) is 0. The van der Waals surface area contributed by atoms with Crippen molar-refractivity contribution in [2.24, 2.45) is 0 Å². The monoisotopic (exact) mass is 263 g/mol. The molecule has 0 saturated heterocycles. The molecule has 4 heteroatoms. The molecule has 0 fully saturated rings. The molecule has 0 aliphatic carbocycles. The molecule has 0 saturated carbocycles. The summed E-state index contributed by atoms with van der Waals surface area (Å²) in [5.41, 5.74) is 3.95. The molecule has 1 aromatic carbocycles. The minimum Gasteiger partial charge on any atom is -0.490 e. The Labute approximate surface area is 111 Å². The van der Waals surface area contributed by atoms with Crippen molar-refractivity contribution in [1.82, 2.24) is 4.98 Å². The lowest BCUT2D eigenvalue weighted by Crippen LogP contribution is -1.98. The molecule has 0 radical (unpaired) electrons. The number of aromatic nitrogens is 1. The van der Waals surface area contributed by atoms with E-state index in [0.717, 1.165) is 22.8 Å². The van der Waals surface area contributed by atoms with Crippen LogP contribution in [-0.4, -0.2) is 18.2 Å². The van der Waals surface area contributed by atoms with E-state index in [1.807, 2.05) is 37.6 Å². The number of benzene rings is 1. The van der Waals surface area contributed by atoms with E-state index in [1.54, 1.807) is 11.3 Å². The lowest BCUT2D eigenvalue weighted by Gasteiger charge is -2.12. The van der Waals surface area contributed by atoms with Gasteiger partial charge < -0.3 is 9.47 Å². The van der Waals surface area contributed by atoms with Crippen LogP contribution in [0.25, 0.3) is 11.3 Å². The van der Waals surface area contributed by atoms with Gasteiger partial charge in [0.25, 0.3) is 0 Å². The van der Waals surface area contributed by atoms with Crippen LogP contribution in [-0.2, 0) is 0 Å². The van der Waals surface area contributed by atoms with Gasteiger partial charge in [0.2, 0.25) is 0 Å². The summed E-state index contributed by atoms with van der Waals surface area (Å²) in [6.07, 6.45) is 0. The molecule has 0 aliphatic rings. The number of nitrogens with zero attached hydrogens (tertiary/aromatic N) is 1. The van der Waals surface area contributed by atoms with Crippen molar-refractivity contribution < 1.29 is 9.47 Å². The first kappa shape index (κ1) is 12.9. The molecule has 2 aromatic rings. The third-order valence-electron chi connectivity index (χ3n) is 2.56. The third-order valence-corrected chi connectivity index (χ3v) is 3.32. The lowest BCUT2D eigenvalue weighted by atomic mass is 10.1. The summed E-state index contributed by atoms with van der Waals surface area (Å²) in [6, 6.07) is 5.97. The third kappa shape index (κ3) is 2.64. The van der Waals surface area contributed by atoms with Gasteiger partial charge in [-0.25, -0.2) is 4.98 Å². The second-order valence-corrected chi connectivity index (χ2v) is 4.84. The molecule has 2 rings (SSSR count). The average molecular weight is 263 g/mol. The Hall–Kier alpha value is -1.55. The second-order valence-electron chi connectivity index (χ2n) is 3.78. The Bertz CT molecular complexity index is 522. The summed E-state index contributed by atoms with van der Waals surface area (Å²) in [6.45, 7) is 7.27. The average Bonchev–Trinajstić information content (AvgIpc) is 2.78. The molecule has 0 atom stereocenters. The largest absolute Gasteiger partial charge is 0.490 e. The first-order valence-electron chi connectivity index (χ1n) is 6.06. The van der Waals surface area contributed by atoms with Gasteiger partial charge >= 0.3 is 0 Å². The lowest BCUT2D eigenvalue weighted by molar-refractivity contribution is 0.288. The number of thiazole rings is 1. The van der Waals surface area contributed by atoms with E-state index in [4.69, 9.17) is 9.47 Å². The maximum absolute atomic E-state index is 5.62. The Morgan fingerprint density at radius 1 is 1.11 bits per heavy atom. The van der Waals surface area contributed by atoms with Gasteiger partial charge in [-0.05, 0) is 39.0 Å². The van der Waals surface area contributed by atoms with E-state index in [0.29, 0.717) is 13.2 Å². The minimum atomic E-state index is 0.625. The Kier molecular flexibility index (Phi) is 4.20. The molecule has 0 aliphatic heterocycles. The highest BCUT2D eigenvalue weighted by molar-refractivity contribution is 7.10. The van der Waals surface area contributed by atoms with Gasteiger partial charge in [0.15, 0.2) is 11.5 Å². The molecule has 1 heterocycles. The molecule has 0 amide bonds. The summed E-state index contributed by atoms with van der Waals surface area (Å²) in [4.78, 5) is 5.59. The number of ether oxygens (including phenoxy) is 2. The fraction of sp³-hybridized carbons (Fsp3) is 0.357. The van der Waals surface area contributed by atoms with E-state index in [1.165, 1.54) is 4.88 Å². The fourth-order valence-electron chi connectivity index (χ4n) is 1.78. The summed E-state index contributed by atoms with van der Waals surface area (Å²) < 4.78 is 11.2. The van der Waals surface area contributed by atoms with Crippen molar-refractivity contribution in [1.29, 1.82) is 0 Å². The summed E-state index contributed by atoms with van der Waals surface area (Å²) in [5, 5.41) is 0. The quantitative estimate of drug-likeness (QED) is 0.819. The van der Waals surface area contributed by atoms with Gasteiger partial charge in [0.1, 0.15) is 0 Å². The summed E-state index contributed by atoms with van der Waals surface area (Å²) in [7, 11) is 0. The van der Waals surface area contributed by atoms with Gasteiger partial charge in [0, 0.05) is 10.4 Å². The van der Waals surface area contributed by atoms with Crippen LogP contribution in [0.3, 0.4) is 0 Å². The van der Waals surface area contributed by atoms with Crippen LogP contribution >= 0.6 is 11.3 Å². The first-order chi connectivity index (χ1) is 8.76. The molecule has 1 aromatic heterocycles. The number of aryl methyl sites for hydroxylation is 1. The Morgan fingerprint density at radius 3 is 2.44 bits per heavy atom. The smallest absolute Gasteiger partial charge is 0.161 e. The fourth-order valence-corrected chi connectivity index (χ4v) is 2.38. The van der Waals surface area contributed by atoms with E-state index in [2.05, 4.69) is 11.9 Å². The van der Waals surface area contributed by atoms with Crippen molar-refractivity contribution in [3.05, 3.63) is 28.6 Å². The maximum Gasteiger partial charge on any atom is 0.161 e. The molecule has 0 unspecified atom stereocenters. The Morgan fingerprint density at radius 2 is 1.83 bits per heavy atom. The van der Waals surface area contributed by atoms with Gasteiger partial charge in [0.05, 0.1) is 24.4 Å². The Balaban J connectivity index is 2.39. The van der Waals surface area contributed by atoms with Gasteiger partial charge in [-0.2, -0.15) is 0 Å². The van der Waals surface area contributed by atoms with E-state index in [9.17, 15) is 0 Å². The zero-order valence-corrected chi connectivity index (χ0v) is 11.7. The van der Waals surface area contributed by atoms with Gasteiger partial charge in [-0.15, -0.1) is 11.3 Å². The summed E-state index contributed by atoms with van der Waals surface area (Å²) >= 11 is 1.65. The van der Waals surface area contributed by atoms with Crippen molar-refractivity contribution in [3.8, 4) is 22.8 Å². The minimum absolute atomic E-state index is 0.625. The van der Waals surface area contributed by atoms with Crippen molar-refractivity contribution in [2.75, 3.05) is 13.2 Å². The van der Waals surface area contributed by atoms with Crippen LogP contribution in [0.1, 0.15) is 18.7 Å². The zero-order valence-electron chi connectivity index (χ0n) is 10.9. The predicted octanol–water partition coefficient (Wildman–Crippen LogP) is 3.92. The highest BCUT2D eigenvalue weighted by Gasteiger charge is 2.10. The van der Waals surface area contributed by atoms with E-state index >= 15 is 0 Å². The van der Waals surface area contributed by atoms with Crippen LogP contribution in [0.5, 0.6) is 11.5 Å². The van der Waals surface area contributed by atoms with E-state index < -0.39 is 0 Å². The summed E-state index contributed by atoms with van der Waals surface area (Å²) in [5.74, 6) is 1.57. The van der Waals surface area contributed by atoms with Crippen LogP contribution in [0.2, 0.25) is 0 Å². The molecule has 0 N–H and O–H groups in total. The molecule has 96 valence electrons. The topological polar surface area (TPSA) is 31.4 Å². The van der Waals surface area contributed by atoms with Crippen molar-refractivity contribution in [2.45, 2.75) is 20.8 Å². The van der Waals surface area contributed by atoms with Crippen LogP contribution in [0.4, 0.5) is 0 Å². The molecule has 18 heavy (non-hydrogen) atoms. The zero-order chi connectivity index (χ0) is 13.0. The standard InChI is InChI=1S/C14H17NO2S/c1-4-16-12-7-6-11(8-13(12)17-5-2)14-10(3)18-9-15-14/h6-9H,4-5H2,1-3H3. The molecule has 0 spiro atoms. The van der Waals surface area contributed by atoms with Crippen LogP contribution < -0.4 is 9.47 Å². The van der Waals surface area contributed by atoms with Crippen LogP contribution in [0.15, 0.2) is 23.7 Å². The number of rotatable bonds is 5. The van der Waals surface area contributed by atoms with E-state index in [-0.39, 0.29) is 0 Å². The molecular formula is C14H17NO2S. The molecule has 3 nitrogen and oxygen atoms in total. The van der Waals surface area contributed by atoms with Crippen molar-refractivity contribution in [3.63, 3.8) is 0 Å². The van der Waals surface area contributed by atoms with Crippen molar-refractivity contribution >= 4 is 11.3 Å².